The number of hydrogen-bond acceptors (Lipinski definition) is 3. The maximum Gasteiger partial charge on any atom is 0.237 e. The van der Waals surface area contributed by atoms with Crippen molar-refractivity contribution in [1.29, 1.82) is 0 Å². The molecule has 2 N–H and O–H groups in total. The third-order valence-electron chi connectivity index (χ3n) is 4.29. The van der Waals surface area contributed by atoms with Crippen LogP contribution in [0.3, 0.4) is 0 Å². The summed E-state index contributed by atoms with van der Waals surface area (Å²) in [4.78, 5) is 25.5. The molecule has 0 spiro atoms. The molecular formula is C23H30N2O2S. The van der Waals surface area contributed by atoms with Crippen LogP contribution in [0.15, 0.2) is 47.4 Å². The zero-order valence-corrected chi connectivity index (χ0v) is 18.4. The minimum Gasteiger partial charge on any atom is -0.326 e. The third-order valence-corrected chi connectivity index (χ3v) is 5.40. The number of aryl methyl sites for hydroxylation is 2. The predicted octanol–water partition coefficient (Wildman–Crippen LogP) is 5.80. The first-order chi connectivity index (χ1) is 13.0. The fraction of sp³-hybridized carbons (Fsp3) is 0.391. The van der Waals surface area contributed by atoms with Gasteiger partial charge in [-0.05, 0) is 73.7 Å². The molecule has 0 aliphatic rings. The molecule has 0 aliphatic carbocycles. The van der Waals surface area contributed by atoms with Crippen LogP contribution in [0.25, 0.3) is 0 Å². The van der Waals surface area contributed by atoms with Gasteiger partial charge in [0.1, 0.15) is 0 Å². The molecule has 0 saturated heterocycles. The Labute approximate surface area is 172 Å². The normalized spacial score (nSPS) is 12.4. The molecule has 4 nitrogen and oxygen atoms in total. The van der Waals surface area contributed by atoms with Crippen molar-refractivity contribution in [3.05, 3.63) is 53.6 Å². The van der Waals surface area contributed by atoms with E-state index < -0.39 is 0 Å². The lowest BCUT2D eigenvalue weighted by Crippen LogP contribution is -2.22. The van der Waals surface area contributed by atoms with Crippen molar-refractivity contribution in [2.24, 2.45) is 5.41 Å². The first-order valence-corrected chi connectivity index (χ1v) is 10.4. The van der Waals surface area contributed by atoms with Gasteiger partial charge in [0.25, 0.3) is 0 Å². The van der Waals surface area contributed by atoms with Crippen molar-refractivity contribution >= 4 is 35.0 Å². The quantitative estimate of drug-likeness (QED) is 0.605. The highest BCUT2D eigenvalue weighted by atomic mass is 32.2. The van der Waals surface area contributed by atoms with Gasteiger partial charge in [-0.15, -0.1) is 11.8 Å². The zero-order chi connectivity index (χ0) is 20.9. The number of hydrogen-bond donors (Lipinski definition) is 2. The minimum atomic E-state index is -0.233. The van der Waals surface area contributed by atoms with E-state index in [2.05, 4.69) is 17.6 Å². The second-order valence-electron chi connectivity index (χ2n) is 8.36. The summed E-state index contributed by atoms with van der Waals surface area (Å²) >= 11 is 1.49. The number of nitrogens with one attached hydrogen (secondary N) is 2. The summed E-state index contributed by atoms with van der Waals surface area (Å²) in [6.07, 6.45) is 0.471. The highest BCUT2D eigenvalue weighted by Crippen LogP contribution is 2.26. The van der Waals surface area contributed by atoms with Gasteiger partial charge >= 0.3 is 0 Å². The number of rotatable bonds is 6. The van der Waals surface area contributed by atoms with Crippen LogP contribution < -0.4 is 10.6 Å². The average molecular weight is 399 g/mol. The standard InChI is InChI=1S/C23H30N2O2S/c1-15-7-8-19(13-16(15)2)25-22(27)17(3)28-20-11-9-18(10-12-20)24-21(26)14-23(4,5)6/h7-13,17H,14H2,1-6H3,(H,24,26)(H,25,27). The van der Waals surface area contributed by atoms with Crippen LogP contribution in [0.5, 0.6) is 0 Å². The van der Waals surface area contributed by atoms with Crippen molar-refractivity contribution < 1.29 is 9.59 Å². The highest BCUT2D eigenvalue weighted by molar-refractivity contribution is 8.00. The second kappa shape index (κ2) is 9.28. The average Bonchev–Trinajstić information content (AvgIpc) is 2.58. The van der Waals surface area contributed by atoms with E-state index in [9.17, 15) is 9.59 Å². The van der Waals surface area contributed by atoms with E-state index in [-0.39, 0.29) is 22.5 Å². The van der Waals surface area contributed by atoms with Gasteiger partial charge in [-0.3, -0.25) is 9.59 Å². The molecule has 5 heteroatoms. The van der Waals surface area contributed by atoms with Gasteiger partial charge in [0, 0.05) is 22.7 Å². The van der Waals surface area contributed by atoms with Crippen molar-refractivity contribution in [2.45, 2.75) is 58.1 Å². The number of carbonyl (C=O) groups is 2. The van der Waals surface area contributed by atoms with E-state index in [1.165, 1.54) is 17.3 Å². The SMILES string of the molecule is Cc1ccc(NC(=O)C(C)Sc2ccc(NC(=O)CC(C)(C)C)cc2)cc1C. The molecule has 2 aromatic rings. The summed E-state index contributed by atoms with van der Waals surface area (Å²) in [6.45, 7) is 12.1. The number of benzene rings is 2. The second-order valence-corrected chi connectivity index (χ2v) is 9.77. The Balaban J connectivity index is 1.90. The molecule has 28 heavy (non-hydrogen) atoms. The molecule has 0 fully saturated rings. The lowest BCUT2D eigenvalue weighted by atomic mass is 9.92. The number of amides is 2. The number of anilines is 2. The Kier molecular flexibility index (Phi) is 7.30. The maximum atomic E-state index is 12.5. The molecule has 2 rings (SSSR count). The van der Waals surface area contributed by atoms with Crippen LogP contribution in [-0.4, -0.2) is 17.1 Å². The molecule has 0 aliphatic heterocycles. The van der Waals surface area contributed by atoms with E-state index in [1.54, 1.807) is 0 Å². The summed E-state index contributed by atoms with van der Waals surface area (Å²) in [5.41, 5.74) is 3.90. The van der Waals surface area contributed by atoms with Crippen LogP contribution in [-0.2, 0) is 9.59 Å². The van der Waals surface area contributed by atoms with E-state index in [0.717, 1.165) is 21.8 Å². The molecule has 0 heterocycles. The van der Waals surface area contributed by atoms with E-state index in [1.807, 2.05) is 77.1 Å². The van der Waals surface area contributed by atoms with Gasteiger partial charge in [0.15, 0.2) is 0 Å². The zero-order valence-electron chi connectivity index (χ0n) is 17.6. The Bertz CT molecular complexity index is 839. The van der Waals surface area contributed by atoms with Gasteiger partial charge in [-0.25, -0.2) is 0 Å². The molecule has 0 bridgehead atoms. The van der Waals surface area contributed by atoms with Crippen molar-refractivity contribution in [3.63, 3.8) is 0 Å². The predicted molar refractivity (Wildman–Crippen MR) is 119 cm³/mol. The Hall–Kier alpha value is -2.27. The Morgan fingerprint density at radius 2 is 1.54 bits per heavy atom. The topological polar surface area (TPSA) is 58.2 Å². The van der Waals surface area contributed by atoms with E-state index in [4.69, 9.17) is 0 Å². The van der Waals surface area contributed by atoms with Gasteiger partial charge in [-0.1, -0.05) is 26.8 Å². The molecule has 2 aromatic carbocycles. The minimum absolute atomic E-state index is 0.00837. The number of thioether (sulfide) groups is 1. The summed E-state index contributed by atoms with van der Waals surface area (Å²) in [6, 6.07) is 13.5. The van der Waals surface area contributed by atoms with Crippen molar-refractivity contribution in [1.82, 2.24) is 0 Å². The Morgan fingerprint density at radius 1 is 0.929 bits per heavy atom. The van der Waals surface area contributed by atoms with Gasteiger partial charge in [-0.2, -0.15) is 0 Å². The van der Waals surface area contributed by atoms with Gasteiger partial charge < -0.3 is 10.6 Å². The largest absolute Gasteiger partial charge is 0.326 e. The van der Waals surface area contributed by atoms with Gasteiger partial charge in [0.05, 0.1) is 5.25 Å². The van der Waals surface area contributed by atoms with Crippen molar-refractivity contribution in [2.75, 3.05) is 10.6 Å². The molecule has 0 saturated carbocycles. The fourth-order valence-corrected chi connectivity index (χ4v) is 3.49. The lowest BCUT2D eigenvalue weighted by molar-refractivity contribution is -0.118. The van der Waals surface area contributed by atoms with Crippen LogP contribution >= 0.6 is 11.8 Å². The molecule has 2 amide bonds. The summed E-state index contributed by atoms with van der Waals surface area (Å²) in [5.74, 6) is -0.0233. The van der Waals surface area contributed by atoms with E-state index >= 15 is 0 Å². The van der Waals surface area contributed by atoms with E-state index in [0.29, 0.717) is 6.42 Å². The molecule has 150 valence electrons. The first kappa shape index (κ1) is 22.0. The lowest BCUT2D eigenvalue weighted by Gasteiger charge is -2.17. The summed E-state index contributed by atoms with van der Waals surface area (Å²) in [5, 5.41) is 5.66. The fourth-order valence-electron chi connectivity index (χ4n) is 2.62. The number of carbonyl (C=O) groups excluding carboxylic acids is 2. The summed E-state index contributed by atoms with van der Waals surface area (Å²) in [7, 11) is 0. The van der Waals surface area contributed by atoms with Crippen LogP contribution in [0.4, 0.5) is 11.4 Å². The van der Waals surface area contributed by atoms with Crippen molar-refractivity contribution in [3.8, 4) is 0 Å². The van der Waals surface area contributed by atoms with Gasteiger partial charge in [0.2, 0.25) is 11.8 Å². The highest BCUT2D eigenvalue weighted by Gasteiger charge is 2.17. The van der Waals surface area contributed by atoms with Crippen LogP contribution in [0.1, 0.15) is 45.2 Å². The first-order valence-electron chi connectivity index (χ1n) is 9.48. The smallest absolute Gasteiger partial charge is 0.237 e. The van der Waals surface area contributed by atoms with Crippen LogP contribution in [0, 0.1) is 19.3 Å². The molecule has 0 aromatic heterocycles. The Morgan fingerprint density at radius 3 is 2.11 bits per heavy atom. The monoisotopic (exact) mass is 398 g/mol. The molecule has 0 radical (unpaired) electrons. The summed E-state index contributed by atoms with van der Waals surface area (Å²) < 4.78 is 0. The third kappa shape index (κ3) is 7.04. The molecule has 1 unspecified atom stereocenters. The molecule has 1 atom stereocenters. The molecular weight excluding hydrogens is 368 g/mol. The maximum absolute atomic E-state index is 12.5. The van der Waals surface area contributed by atoms with Crippen LogP contribution in [0.2, 0.25) is 0 Å².